The number of para-hydroxylation sites is 1. The molecule has 0 amide bonds. The summed E-state index contributed by atoms with van der Waals surface area (Å²) in [4.78, 5) is 0.218. The van der Waals surface area contributed by atoms with Crippen LogP contribution in [0.3, 0.4) is 0 Å². The maximum atomic E-state index is 12.6. The van der Waals surface area contributed by atoms with Gasteiger partial charge in [-0.2, -0.15) is 10.2 Å². The van der Waals surface area contributed by atoms with E-state index in [2.05, 4.69) is 37.0 Å². The third-order valence-corrected chi connectivity index (χ3v) is 5.70. The lowest BCUT2D eigenvalue weighted by Gasteiger charge is -2.20. The van der Waals surface area contributed by atoms with Gasteiger partial charge in [0.1, 0.15) is 4.90 Å². The van der Waals surface area contributed by atoms with Crippen LogP contribution in [0.2, 0.25) is 0 Å². The highest BCUT2D eigenvalue weighted by Crippen LogP contribution is 2.32. The summed E-state index contributed by atoms with van der Waals surface area (Å²) in [6.45, 7) is 6.42. The molecule has 3 rings (SSSR count). The second-order valence-electron chi connectivity index (χ2n) is 7.13. The maximum Gasteiger partial charge on any atom is 0.187 e. The molecule has 0 saturated carbocycles. The third-order valence-electron chi connectivity index (χ3n) is 4.12. The molecule has 0 N–H and O–H groups in total. The molecule has 0 saturated heterocycles. The van der Waals surface area contributed by atoms with E-state index in [1.807, 2.05) is 19.2 Å². The van der Waals surface area contributed by atoms with Crippen molar-refractivity contribution in [1.29, 1.82) is 0 Å². The zero-order valence-corrected chi connectivity index (χ0v) is 15.4. The van der Waals surface area contributed by atoms with Crippen molar-refractivity contribution in [2.24, 2.45) is 14.1 Å². The van der Waals surface area contributed by atoms with E-state index in [4.69, 9.17) is 0 Å². The Labute approximate surface area is 142 Å². The van der Waals surface area contributed by atoms with Gasteiger partial charge in [0.15, 0.2) is 9.84 Å². The Kier molecular flexibility index (Phi) is 3.79. The van der Waals surface area contributed by atoms with Crippen LogP contribution < -0.4 is 0 Å². The largest absolute Gasteiger partial charge is 0.274 e. The molecule has 6 nitrogen and oxygen atoms in total. The van der Waals surface area contributed by atoms with Crippen molar-refractivity contribution in [2.75, 3.05) is 0 Å². The standard InChI is InChI=1S/C17H22N4O2S/c1-17(2,3)14-8-6-7-13-15(19-21(5)16(13)14)11-24(22,23)12-9-18-20(4)10-12/h6-10H,11H2,1-5H3. The SMILES string of the molecule is Cn1cc(S(=O)(=O)Cc2nn(C)c3c(C(C)(C)C)cccc23)cn1. The quantitative estimate of drug-likeness (QED) is 0.731. The maximum absolute atomic E-state index is 12.6. The summed E-state index contributed by atoms with van der Waals surface area (Å²) in [6, 6.07) is 5.97. The van der Waals surface area contributed by atoms with Crippen LogP contribution in [-0.2, 0) is 35.1 Å². The smallest absolute Gasteiger partial charge is 0.187 e. The van der Waals surface area contributed by atoms with Gasteiger partial charge in [0, 0.05) is 25.7 Å². The minimum absolute atomic E-state index is 0.0488. The number of aryl methyl sites for hydroxylation is 2. The summed E-state index contributed by atoms with van der Waals surface area (Å²) in [7, 11) is 0.0800. The van der Waals surface area contributed by atoms with Crippen molar-refractivity contribution in [1.82, 2.24) is 19.6 Å². The number of fused-ring (bicyclic) bond motifs is 1. The van der Waals surface area contributed by atoms with Gasteiger partial charge >= 0.3 is 0 Å². The van der Waals surface area contributed by atoms with E-state index in [-0.39, 0.29) is 16.1 Å². The number of aromatic nitrogens is 4. The van der Waals surface area contributed by atoms with Crippen molar-refractivity contribution < 1.29 is 8.42 Å². The van der Waals surface area contributed by atoms with Crippen LogP contribution in [0.1, 0.15) is 32.0 Å². The molecule has 7 heteroatoms. The number of rotatable bonds is 3. The molecule has 2 aromatic heterocycles. The van der Waals surface area contributed by atoms with E-state index in [9.17, 15) is 8.42 Å². The van der Waals surface area contributed by atoms with Gasteiger partial charge in [-0.1, -0.05) is 39.0 Å². The van der Waals surface area contributed by atoms with E-state index >= 15 is 0 Å². The zero-order valence-electron chi connectivity index (χ0n) is 14.6. The first-order chi connectivity index (χ1) is 11.1. The predicted octanol–water partition coefficient (Wildman–Crippen LogP) is 2.58. The molecule has 0 aliphatic rings. The van der Waals surface area contributed by atoms with Crippen LogP contribution >= 0.6 is 0 Å². The number of sulfone groups is 1. The van der Waals surface area contributed by atoms with Crippen molar-refractivity contribution in [3.8, 4) is 0 Å². The molecule has 2 heterocycles. The minimum atomic E-state index is -3.48. The van der Waals surface area contributed by atoms with Crippen LogP contribution in [0.25, 0.3) is 10.9 Å². The fourth-order valence-corrected chi connectivity index (χ4v) is 4.21. The summed E-state index contributed by atoms with van der Waals surface area (Å²) in [5.74, 6) is -0.135. The first-order valence-electron chi connectivity index (χ1n) is 7.76. The highest BCUT2D eigenvalue weighted by atomic mass is 32.2. The topological polar surface area (TPSA) is 69.8 Å². The molecule has 1 aromatic carbocycles. The molecule has 128 valence electrons. The summed E-state index contributed by atoms with van der Waals surface area (Å²) < 4.78 is 28.6. The van der Waals surface area contributed by atoms with Crippen LogP contribution in [0.15, 0.2) is 35.5 Å². The van der Waals surface area contributed by atoms with Crippen LogP contribution in [0, 0.1) is 0 Å². The van der Waals surface area contributed by atoms with Crippen molar-refractivity contribution in [2.45, 2.75) is 36.8 Å². The Morgan fingerprint density at radius 1 is 1.17 bits per heavy atom. The van der Waals surface area contributed by atoms with Gasteiger partial charge in [0.25, 0.3) is 0 Å². The molecule has 0 radical (unpaired) electrons. The number of hydrogen-bond acceptors (Lipinski definition) is 4. The Balaban J connectivity index is 2.12. The first kappa shape index (κ1) is 16.7. The fourth-order valence-electron chi connectivity index (χ4n) is 2.94. The highest BCUT2D eigenvalue weighted by molar-refractivity contribution is 7.90. The van der Waals surface area contributed by atoms with E-state index in [1.54, 1.807) is 11.7 Å². The average Bonchev–Trinajstić information content (AvgIpc) is 3.03. The van der Waals surface area contributed by atoms with Gasteiger partial charge in [-0.15, -0.1) is 0 Å². The van der Waals surface area contributed by atoms with Gasteiger partial charge in [-0.25, -0.2) is 8.42 Å². The summed E-state index contributed by atoms with van der Waals surface area (Å²) in [6.07, 6.45) is 2.89. The zero-order chi connectivity index (χ0) is 17.7. The third kappa shape index (κ3) is 2.84. The normalized spacial score (nSPS) is 12.9. The monoisotopic (exact) mass is 346 g/mol. The van der Waals surface area contributed by atoms with Gasteiger partial charge < -0.3 is 0 Å². The average molecular weight is 346 g/mol. The molecule has 0 aliphatic heterocycles. The summed E-state index contributed by atoms with van der Waals surface area (Å²) in [5.41, 5.74) is 2.66. The van der Waals surface area contributed by atoms with Gasteiger partial charge in [0.05, 0.1) is 23.2 Å². The Bertz CT molecular complexity index is 1010. The molecule has 0 atom stereocenters. The molecule has 0 aliphatic carbocycles. The fraction of sp³-hybridized carbons (Fsp3) is 0.412. The summed E-state index contributed by atoms with van der Waals surface area (Å²) in [5, 5.41) is 9.33. The predicted molar refractivity (Wildman–Crippen MR) is 93.5 cm³/mol. The first-order valence-corrected chi connectivity index (χ1v) is 9.41. The van der Waals surface area contributed by atoms with E-state index in [1.165, 1.54) is 17.1 Å². The van der Waals surface area contributed by atoms with Crippen LogP contribution in [0.4, 0.5) is 0 Å². The van der Waals surface area contributed by atoms with Crippen molar-refractivity contribution in [3.63, 3.8) is 0 Å². The molecule has 24 heavy (non-hydrogen) atoms. The Hall–Kier alpha value is -2.15. The number of nitrogens with zero attached hydrogens (tertiary/aromatic N) is 4. The van der Waals surface area contributed by atoms with Crippen molar-refractivity contribution in [3.05, 3.63) is 41.9 Å². The molecular formula is C17H22N4O2S. The lowest BCUT2D eigenvalue weighted by molar-refractivity contribution is 0.589. The molecule has 3 aromatic rings. The molecule has 0 fully saturated rings. The molecule has 0 unspecified atom stereocenters. The second kappa shape index (κ2) is 5.44. The highest BCUT2D eigenvalue weighted by Gasteiger charge is 2.24. The number of benzene rings is 1. The van der Waals surface area contributed by atoms with Crippen molar-refractivity contribution >= 4 is 20.7 Å². The Morgan fingerprint density at radius 2 is 1.88 bits per heavy atom. The number of hydrogen-bond donors (Lipinski definition) is 0. The van der Waals surface area contributed by atoms with Crippen LogP contribution in [-0.4, -0.2) is 28.0 Å². The Morgan fingerprint density at radius 3 is 2.46 bits per heavy atom. The minimum Gasteiger partial charge on any atom is -0.274 e. The second-order valence-corrected chi connectivity index (χ2v) is 9.12. The molecule has 0 spiro atoms. The van der Waals surface area contributed by atoms with E-state index < -0.39 is 9.84 Å². The van der Waals surface area contributed by atoms with Gasteiger partial charge in [-0.05, 0) is 11.0 Å². The van der Waals surface area contributed by atoms with E-state index in [0.29, 0.717) is 5.69 Å². The van der Waals surface area contributed by atoms with Gasteiger partial charge in [-0.3, -0.25) is 9.36 Å². The molecular weight excluding hydrogens is 324 g/mol. The lowest BCUT2D eigenvalue weighted by Crippen LogP contribution is -2.12. The van der Waals surface area contributed by atoms with E-state index in [0.717, 1.165) is 16.5 Å². The van der Waals surface area contributed by atoms with Gasteiger partial charge in [0.2, 0.25) is 0 Å². The lowest BCUT2D eigenvalue weighted by atomic mass is 9.85. The molecule has 0 bridgehead atoms. The summed E-state index contributed by atoms with van der Waals surface area (Å²) >= 11 is 0. The van der Waals surface area contributed by atoms with Crippen LogP contribution in [0.5, 0.6) is 0 Å².